The molecule has 0 spiro atoms. The first-order valence-corrected chi connectivity index (χ1v) is 15.3. The zero-order chi connectivity index (χ0) is 29.9. The average Bonchev–Trinajstić information content (AvgIpc) is 3.53. The number of thiophene rings is 1. The van der Waals surface area contributed by atoms with Gasteiger partial charge in [-0.1, -0.05) is 34.6 Å². The quantitative estimate of drug-likeness (QED) is 0.392. The molecular formula is C30H42N2O8S. The van der Waals surface area contributed by atoms with Crippen molar-refractivity contribution in [2.75, 3.05) is 31.2 Å². The van der Waals surface area contributed by atoms with Crippen LogP contribution in [0.15, 0.2) is 19.7 Å². The highest BCUT2D eigenvalue weighted by molar-refractivity contribution is 7.14. The molecular weight excluding hydrogens is 548 g/mol. The number of esters is 1. The van der Waals surface area contributed by atoms with E-state index in [4.69, 9.17) is 18.3 Å². The summed E-state index contributed by atoms with van der Waals surface area (Å²) in [7, 11) is 0. The summed E-state index contributed by atoms with van der Waals surface area (Å²) in [6.07, 6.45) is 3.76. The van der Waals surface area contributed by atoms with Crippen LogP contribution in [-0.4, -0.2) is 55.0 Å². The van der Waals surface area contributed by atoms with Gasteiger partial charge in [-0.3, -0.25) is 14.5 Å². The SMILES string of the molecule is CC[C@@H](C(=O)N1CCOCC1)N(C(=O)C1CCC(C)CC1)c1cc(C(C)(C)C)sc1C(=O)OCc1oc(=O)oc1C. The van der Waals surface area contributed by atoms with Crippen molar-refractivity contribution in [2.45, 2.75) is 91.7 Å². The molecule has 10 nitrogen and oxygen atoms in total. The Morgan fingerprint density at radius 1 is 1.12 bits per heavy atom. The minimum atomic E-state index is -0.869. The predicted octanol–water partition coefficient (Wildman–Crippen LogP) is 5.05. The Hall–Kier alpha value is -2.92. The lowest BCUT2D eigenvalue weighted by Crippen LogP contribution is -2.55. The van der Waals surface area contributed by atoms with Gasteiger partial charge in [0.1, 0.15) is 10.9 Å². The number of ether oxygens (including phenoxy) is 2. The van der Waals surface area contributed by atoms with Crippen LogP contribution < -0.4 is 10.7 Å². The van der Waals surface area contributed by atoms with Crippen LogP contribution in [0.3, 0.4) is 0 Å². The number of hydrogen-bond acceptors (Lipinski definition) is 9. The Kier molecular flexibility index (Phi) is 9.79. The normalized spacial score (nSPS) is 20.5. The van der Waals surface area contributed by atoms with E-state index < -0.39 is 17.8 Å². The van der Waals surface area contributed by atoms with E-state index in [9.17, 15) is 19.2 Å². The van der Waals surface area contributed by atoms with Crippen molar-refractivity contribution in [3.63, 3.8) is 0 Å². The molecule has 2 fully saturated rings. The third-order valence-electron chi connectivity index (χ3n) is 7.98. The maximum atomic E-state index is 14.4. The Labute approximate surface area is 245 Å². The van der Waals surface area contributed by atoms with Crippen molar-refractivity contribution in [3.8, 4) is 0 Å². The molecule has 11 heteroatoms. The number of rotatable bonds is 8. The molecule has 226 valence electrons. The highest BCUT2D eigenvalue weighted by atomic mass is 32.1. The van der Waals surface area contributed by atoms with Gasteiger partial charge in [0.15, 0.2) is 18.1 Å². The van der Waals surface area contributed by atoms with E-state index in [1.165, 1.54) is 11.3 Å². The number of hydrogen-bond donors (Lipinski definition) is 0. The van der Waals surface area contributed by atoms with E-state index in [2.05, 4.69) is 6.92 Å². The second-order valence-corrected chi connectivity index (χ2v) is 13.2. The number of carbonyl (C=O) groups is 3. The molecule has 2 aromatic heterocycles. The highest BCUT2D eigenvalue weighted by Crippen LogP contribution is 2.41. The lowest BCUT2D eigenvalue weighted by molar-refractivity contribution is -0.139. The average molecular weight is 591 g/mol. The molecule has 1 aliphatic carbocycles. The van der Waals surface area contributed by atoms with Crippen molar-refractivity contribution in [1.82, 2.24) is 4.90 Å². The standard InChI is InChI=1S/C30H42N2O8S/c1-7-21(27(34)31-12-14-37-15-13-31)32(26(33)20-10-8-18(2)9-11-20)22-16-24(30(4,5)6)41-25(22)28(35)38-17-23-19(3)39-29(36)40-23/h16,18,20-21H,7-15,17H2,1-6H3/t18?,20?,21-/m0/s1. The van der Waals surface area contributed by atoms with Gasteiger partial charge < -0.3 is 23.2 Å². The van der Waals surface area contributed by atoms with Crippen LogP contribution in [0.2, 0.25) is 0 Å². The third kappa shape index (κ3) is 7.12. The van der Waals surface area contributed by atoms with E-state index in [1.54, 1.807) is 16.7 Å². The number of nitrogens with zero attached hydrogens (tertiary/aromatic N) is 2. The second kappa shape index (κ2) is 12.9. The molecule has 2 aliphatic rings. The molecule has 1 saturated carbocycles. The van der Waals surface area contributed by atoms with E-state index in [0.717, 1.165) is 30.6 Å². The molecule has 2 aromatic rings. The van der Waals surface area contributed by atoms with E-state index in [1.807, 2.05) is 33.8 Å². The summed E-state index contributed by atoms with van der Waals surface area (Å²) in [5, 5.41) is 0. The third-order valence-corrected chi connectivity index (χ3v) is 9.51. The molecule has 0 aromatic carbocycles. The van der Waals surface area contributed by atoms with Crippen LogP contribution in [-0.2, 0) is 31.1 Å². The summed E-state index contributed by atoms with van der Waals surface area (Å²) < 4.78 is 20.9. The van der Waals surface area contributed by atoms with E-state index in [0.29, 0.717) is 44.3 Å². The summed E-state index contributed by atoms with van der Waals surface area (Å²) >= 11 is 1.26. The summed E-state index contributed by atoms with van der Waals surface area (Å²) in [6, 6.07) is 1.09. The van der Waals surface area contributed by atoms with E-state index >= 15 is 0 Å². The molecule has 4 rings (SSSR count). The molecule has 1 saturated heterocycles. The van der Waals surface area contributed by atoms with Gasteiger partial charge in [-0.15, -0.1) is 11.3 Å². The fourth-order valence-electron chi connectivity index (χ4n) is 5.39. The van der Waals surface area contributed by atoms with Crippen LogP contribution in [0.1, 0.15) is 92.8 Å². The van der Waals surface area contributed by atoms with Gasteiger partial charge in [-0.2, -0.15) is 0 Å². The van der Waals surface area contributed by atoms with Crippen molar-refractivity contribution < 1.29 is 32.7 Å². The Morgan fingerprint density at radius 3 is 2.34 bits per heavy atom. The van der Waals surface area contributed by atoms with Gasteiger partial charge in [0, 0.05) is 23.9 Å². The van der Waals surface area contributed by atoms with Gasteiger partial charge >= 0.3 is 11.8 Å². The highest BCUT2D eigenvalue weighted by Gasteiger charge is 2.40. The second-order valence-electron chi connectivity index (χ2n) is 12.1. The predicted molar refractivity (Wildman–Crippen MR) is 154 cm³/mol. The maximum absolute atomic E-state index is 14.4. The van der Waals surface area contributed by atoms with Crippen LogP contribution in [0, 0.1) is 18.8 Å². The molecule has 0 unspecified atom stereocenters. The maximum Gasteiger partial charge on any atom is 0.519 e. The summed E-state index contributed by atoms with van der Waals surface area (Å²) in [4.78, 5) is 57.8. The molecule has 3 heterocycles. The topological polar surface area (TPSA) is 120 Å². The van der Waals surface area contributed by atoms with Crippen molar-refractivity contribution in [3.05, 3.63) is 38.0 Å². The zero-order valence-electron chi connectivity index (χ0n) is 24.9. The summed E-state index contributed by atoms with van der Waals surface area (Å²) in [5.41, 5.74) is 0.0731. The fourth-order valence-corrected chi connectivity index (χ4v) is 6.49. The monoisotopic (exact) mass is 590 g/mol. The van der Waals surface area contributed by atoms with Crippen LogP contribution in [0.5, 0.6) is 0 Å². The van der Waals surface area contributed by atoms with Gasteiger partial charge in [0.05, 0.1) is 18.9 Å². The smallest absolute Gasteiger partial charge is 0.453 e. The van der Waals surface area contributed by atoms with Gasteiger partial charge in [-0.25, -0.2) is 9.59 Å². The first kappa shape index (κ1) is 31.0. The Morgan fingerprint density at radius 2 is 1.78 bits per heavy atom. The van der Waals surface area contributed by atoms with Crippen molar-refractivity contribution >= 4 is 34.8 Å². The van der Waals surface area contributed by atoms with Crippen LogP contribution >= 0.6 is 11.3 Å². The lowest BCUT2D eigenvalue weighted by Gasteiger charge is -2.38. The Balaban J connectivity index is 1.75. The van der Waals surface area contributed by atoms with Crippen molar-refractivity contribution in [2.24, 2.45) is 11.8 Å². The molecule has 0 radical (unpaired) electrons. The van der Waals surface area contributed by atoms with Crippen LogP contribution in [0.25, 0.3) is 0 Å². The van der Waals surface area contributed by atoms with Gasteiger partial charge in [0.2, 0.25) is 11.8 Å². The minimum Gasteiger partial charge on any atom is -0.453 e. The number of morpholine rings is 1. The van der Waals surface area contributed by atoms with Gasteiger partial charge in [0.25, 0.3) is 0 Å². The summed E-state index contributed by atoms with van der Waals surface area (Å²) in [5.74, 6) is -1.14. The Bertz CT molecular complexity index is 1290. The molecule has 0 bridgehead atoms. The minimum absolute atomic E-state index is 0.121. The molecule has 0 N–H and O–H groups in total. The number of aryl methyl sites for hydroxylation is 1. The molecule has 41 heavy (non-hydrogen) atoms. The first-order chi connectivity index (χ1) is 19.4. The molecule has 2 amide bonds. The number of carbonyl (C=O) groups excluding carboxylic acids is 3. The van der Waals surface area contributed by atoms with Crippen molar-refractivity contribution in [1.29, 1.82) is 0 Å². The first-order valence-electron chi connectivity index (χ1n) is 14.5. The fraction of sp³-hybridized carbons (Fsp3) is 0.667. The lowest BCUT2D eigenvalue weighted by atomic mass is 9.82. The zero-order valence-corrected chi connectivity index (χ0v) is 25.8. The number of amides is 2. The van der Waals surface area contributed by atoms with Gasteiger partial charge in [-0.05, 0) is 56.4 Å². The molecule has 1 aliphatic heterocycles. The van der Waals surface area contributed by atoms with E-state index in [-0.39, 0.29) is 46.2 Å². The number of anilines is 1. The largest absolute Gasteiger partial charge is 0.519 e. The molecule has 1 atom stereocenters. The van der Waals surface area contributed by atoms with Crippen LogP contribution in [0.4, 0.5) is 5.69 Å². The summed E-state index contributed by atoms with van der Waals surface area (Å²) in [6.45, 7) is 13.3.